The van der Waals surface area contributed by atoms with Crippen LogP contribution >= 0.6 is 45.2 Å². The van der Waals surface area contributed by atoms with E-state index in [9.17, 15) is 0 Å². The second kappa shape index (κ2) is 6.36. The van der Waals surface area contributed by atoms with Crippen molar-refractivity contribution in [3.05, 3.63) is 57.8 Å². The summed E-state index contributed by atoms with van der Waals surface area (Å²) in [6, 6.07) is 0. The molecule has 0 N–H and O–H groups in total. The average molecular weight is 450 g/mol. The lowest BCUT2D eigenvalue weighted by Crippen LogP contribution is -2.06. The molecule has 0 heterocycles. The summed E-state index contributed by atoms with van der Waals surface area (Å²) in [5.74, 6) is 0.569. The highest BCUT2D eigenvalue weighted by molar-refractivity contribution is 14.1. The number of allylic oxidation sites excluding steroid dienone is 9. The molecule has 0 saturated heterocycles. The maximum Gasteiger partial charge on any atom is 0.0329 e. The number of hydrogen-bond acceptors (Lipinski definition) is 0. The zero-order chi connectivity index (χ0) is 12.3. The molecule has 0 spiro atoms. The summed E-state index contributed by atoms with van der Waals surface area (Å²) in [7, 11) is 0. The van der Waals surface area contributed by atoms with E-state index >= 15 is 0 Å². The van der Waals surface area contributed by atoms with Crippen molar-refractivity contribution < 1.29 is 0 Å². The molecule has 0 saturated carbocycles. The van der Waals surface area contributed by atoms with Crippen LogP contribution in [0.5, 0.6) is 0 Å². The summed E-state index contributed by atoms with van der Waals surface area (Å²) in [5, 5.41) is 0. The molecule has 0 aromatic rings. The van der Waals surface area contributed by atoms with Crippen molar-refractivity contribution in [2.75, 3.05) is 0 Å². The first-order chi connectivity index (χ1) is 8.15. The monoisotopic (exact) mass is 450 g/mol. The Morgan fingerprint density at radius 2 is 2.00 bits per heavy atom. The second-order valence-corrected chi connectivity index (χ2v) is 7.52. The molecule has 2 atom stereocenters. The highest BCUT2D eigenvalue weighted by Gasteiger charge is 2.15. The van der Waals surface area contributed by atoms with E-state index in [2.05, 4.69) is 88.2 Å². The summed E-state index contributed by atoms with van der Waals surface area (Å²) in [5.41, 5.74) is 2.76. The summed E-state index contributed by atoms with van der Waals surface area (Å²) < 4.78 is 2.01. The van der Waals surface area contributed by atoms with Crippen molar-refractivity contribution in [3.8, 4) is 0 Å². The largest absolute Gasteiger partial charge is 0.0958 e. The van der Waals surface area contributed by atoms with E-state index in [4.69, 9.17) is 0 Å². The van der Waals surface area contributed by atoms with Crippen molar-refractivity contribution in [1.29, 1.82) is 0 Å². The maximum absolute atomic E-state index is 4.13. The SMILES string of the molecule is C=C1/C=C\C2CC(I)=CC=C2C/C=C\C(I)C1. The molecule has 0 radical (unpaired) electrons. The van der Waals surface area contributed by atoms with Gasteiger partial charge in [-0.05, 0) is 45.4 Å². The van der Waals surface area contributed by atoms with Crippen LogP contribution in [0.2, 0.25) is 0 Å². The molecule has 0 aromatic carbocycles. The lowest BCUT2D eigenvalue weighted by Gasteiger charge is -2.20. The van der Waals surface area contributed by atoms with E-state index < -0.39 is 0 Å². The first kappa shape index (κ1) is 13.6. The van der Waals surface area contributed by atoms with Gasteiger partial charge in [-0.3, -0.25) is 0 Å². The van der Waals surface area contributed by atoms with Gasteiger partial charge in [-0.1, -0.05) is 76.8 Å². The van der Waals surface area contributed by atoms with Crippen LogP contribution < -0.4 is 0 Å². The van der Waals surface area contributed by atoms with Crippen molar-refractivity contribution in [2.24, 2.45) is 5.92 Å². The number of alkyl halides is 1. The Balaban J connectivity index is 2.24. The van der Waals surface area contributed by atoms with Crippen molar-refractivity contribution >= 4 is 45.2 Å². The van der Waals surface area contributed by atoms with Gasteiger partial charge in [0.15, 0.2) is 0 Å². The zero-order valence-corrected chi connectivity index (χ0v) is 14.0. The number of fused-ring (bicyclic) bond motifs is 1. The van der Waals surface area contributed by atoms with E-state index in [1.165, 1.54) is 14.7 Å². The molecule has 0 bridgehead atoms. The third kappa shape index (κ3) is 4.09. The van der Waals surface area contributed by atoms with Crippen molar-refractivity contribution in [1.82, 2.24) is 0 Å². The van der Waals surface area contributed by atoms with Gasteiger partial charge in [0.05, 0.1) is 0 Å². The Bertz CT molecular complexity index is 424. The van der Waals surface area contributed by atoms with Crippen molar-refractivity contribution in [2.45, 2.75) is 23.2 Å². The molecule has 2 aliphatic rings. The minimum atomic E-state index is 0.569. The predicted molar refractivity (Wildman–Crippen MR) is 92.8 cm³/mol. The quantitative estimate of drug-likeness (QED) is 0.259. The van der Waals surface area contributed by atoms with Gasteiger partial charge in [0.2, 0.25) is 0 Å². The molecular formula is C15H16I2. The fraction of sp³-hybridized carbons (Fsp3) is 0.333. The Morgan fingerprint density at radius 1 is 1.18 bits per heavy atom. The Hall–Kier alpha value is 0.160. The topological polar surface area (TPSA) is 0 Å². The van der Waals surface area contributed by atoms with E-state index in [0.717, 1.165) is 19.3 Å². The van der Waals surface area contributed by atoms with Crippen LogP contribution in [0.1, 0.15) is 19.3 Å². The van der Waals surface area contributed by atoms with Gasteiger partial charge in [0, 0.05) is 9.84 Å². The van der Waals surface area contributed by atoms with Crippen LogP contribution in [0.3, 0.4) is 0 Å². The highest BCUT2D eigenvalue weighted by atomic mass is 127. The lowest BCUT2D eigenvalue weighted by molar-refractivity contribution is 0.737. The average Bonchev–Trinajstić information content (AvgIpc) is 2.28. The molecule has 0 amide bonds. The maximum atomic E-state index is 4.13. The molecule has 2 aliphatic carbocycles. The highest BCUT2D eigenvalue weighted by Crippen LogP contribution is 2.33. The summed E-state index contributed by atoms with van der Waals surface area (Å²) in [4.78, 5) is 0. The van der Waals surface area contributed by atoms with Crippen LogP contribution in [0, 0.1) is 5.92 Å². The lowest BCUT2D eigenvalue weighted by atomic mass is 9.87. The number of hydrogen-bond donors (Lipinski definition) is 0. The standard InChI is InChI=1S/C15H16I2/c1-11-5-6-13-10-15(17)8-7-12(13)3-2-4-14(16)9-11/h2,4-8,13-14H,1,3,9-10H2/b4-2-,6-5-. The van der Waals surface area contributed by atoms with Gasteiger partial charge in [-0.2, -0.15) is 0 Å². The van der Waals surface area contributed by atoms with Crippen LogP contribution in [0.15, 0.2) is 57.8 Å². The molecule has 17 heavy (non-hydrogen) atoms. The third-order valence-electron chi connectivity index (χ3n) is 3.09. The first-order valence-corrected chi connectivity index (χ1v) is 8.19. The van der Waals surface area contributed by atoms with E-state index in [1.807, 2.05) is 0 Å². The van der Waals surface area contributed by atoms with Crippen molar-refractivity contribution in [3.63, 3.8) is 0 Å². The van der Waals surface area contributed by atoms with Gasteiger partial charge in [0.1, 0.15) is 0 Å². The van der Waals surface area contributed by atoms with E-state index in [1.54, 1.807) is 0 Å². The smallest absolute Gasteiger partial charge is 0.0329 e. The Kier molecular flexibility index (Phi) is 5.09. The van der Waals surface area contributed by atoms with Crippen LogP contribution in [-0.4, -0.2) is 3.92 Å². The van der Waals surface area contributed by atoms with Gasteiger partial charge >= 0.3 is 0 Å². The fourth-order valence-corrected chi connectivity index (χ4v) is 3.65. The molecule has 0 aliphatic heterocycles. The van der Waals surface area contributed by atoms with Gasteiger partial charge in [-0.25, -0.2) is 0 Å². The summed E-state index contributed by atoms with van der Waals surface area (Å²) in [6.45, 7) is 4.13. The molecule has 2 unspecified atom stereocenters. The Morgan fingerprint density at radius 3 is 2.82 bits per heavy atom. The molecule has 0 aromatic heterocycles. The number of halogens is 2. The van der Waals surface area contributed by atoms with Gasteiger partial charge in [0.25, 0.3) is 0 Å². The summed E-state index contributed by atoms with van der Waals surface area (Å²) in [6.07, 6.45) is 17.0. The van der Waals surface area contributed by atoms with Gasteiger partial charge < -0.3 is 0 Å². The van der Waals surface area contributed by atoms with E-state index in [-0.39, 0.29) is 0 Å². The summed E-state index contributed by atoms with van der Waals surface area (Å²) >= 11 is 4.92. The predicted octanol–water partition coefficient (Wildman–Crippen LogP) is 5.52. The van der Waals surface area contributed by atoms with Crippen LogP contribution in [0.25, 0.3) is 0 Å². The normalized spacial score (nSPS) is 33.2. The molecule has 90 valence electrons. The molecule has 0 nitrogen and oxygen atoms in total. The Labute approximate surface area is 131 Å². The van der Waals surface area contributed by atoms with Crippen LogP contribution in [-0.2, 0) is 0 Å². The molecule has 0 fully saturated rings. The first-order valence-electron chi connectivity index (χ1n) is 5.87. The van der Waals surface area contributed by atoms with Gasteiger partial charge in [-0.15, -0.1) is 0 Å². The zero-order valence-electron chi connectivity index (χ0n) is 9.70. The van der Waals surface area contributed by atoms with E-state index in [0.29, 0.717) is 9.84 Å². The van der Waals surface area contributed by atoms with Crippen LogP contribution in [0.4, 0.5) is 0 Å². The number of rotatable bonds is 0. The third-order valence-corrected chi connectivity index (χ3v) is 4.74. The molecule has 2 rings (SSSR count). The minimum absolute atomic E-state index is 0.569. The fourth-order valence-electron chi connectivity index (χ4n) is 2.13. The minimum Gasteiger partial charge on any atom is -0.0958 e. The molecular weight excluding hydrogens is 434 g/mol. The molecule has 2 heteroatoms. The second-order valence-electron chi connectivity index (χ2n) is 4.54.